The van der Waals surface area contributed by atoms with Gasteiger partial charge in [-0.05, 0) is 59.2 Å². The van der Waals surface area contributed by atoms with Crippen molar-refractivity contribution in [3.8, 4) is 28.4 Å². The molecule has 45 heavy (non-hydrogen) atoms. The van der Waals surface area contributed by atoms with E-state index < -0.39 is 23.9 Å². The third-order valence-corrected chi connectivity index (χ3v) is 5.98. The number of benzene rings is 3. The first kappa shape index (κ1) is 33.9. The fourth-order valence-electron chi connectivity index (χ4n) is 3.64. The van der Waals surface area contributed by atoms with E-state index in [0.717, 1.165) is 22.8 Å². The number of methoxy groups -OCH3 is 1. The zero-order chi connectivity index (χ0) is 32.4. The molecule has 10 nitrogen and oxygen atoms in total. The Labute approximate surface area is 261 Å². The summed E-state index contributed by atoms with van der Waals surface area (Å²) in [5, 5.41) is 0. The summed E-state index contributed by atoms with van der Waals surface area (Å²) in [4.78, 5) is 46.3. The van der Waals surface area contributed by atoms with E-state index in [4.69, 9.17) is 23.7 Å². The standard InChI is InChI=1S/C35H34O10/c1-4-32(36)43-23-22-42-29-13-11-28(12-14-29)27-9-6-26(7-10-27)8-19-33(37)45-31-17-15-30(16-18-31)41-20-5-21-44-35(39)25(2)24-34(38)40-3/h4,6-19H,1-2,5,20-24H2,3H3/b19-8+. The second kappa shape index (κ2) is 18.1. The van der Waals surface area contributed by atoms with Gasteiger partial charge in [-0.25, -0.2) is 14.4 Å². The number of carbonyl (C=O) groups excluding carboxylic acids is 4. The van der Waals surface area contributed by atoms with E-state index in [1.807, 2.05) is 48.5 Å². The summed E-state index contributed by atoms with van der Waals surface area (Å²) < 4.78 is 30.9. The maximum Gasteiger partial charge on any atom is 0.336 e. The number of hydrogen-bond donors (Lipinski definition) is 0. The minimum atomic E-state index is -0.657. The van der Waals surface area contributed by atoms with Gasteiger partial charge in [-0.2, -0.15) is 0 Å². The van der Waals surface area contributed by atoms with Crippen LogP contribution in [0.5, 0.6) is 17.2 Å². The third kappa shape index (κ3) is 12.2. The number of rotatable bonds is 17. The van der Waals surface area contributed by atoms with Gasteiger partial charge in [0.15, 0.2) is 0 Å². The third-order valence-electron chi connectivity index (χ3n) is 5.98. The monoisotopic (exact) mass is 614 g/mol. The highest BCUT2D eigenvalue weighted by Crippen LogP contribution is 2.23. The van der Waals surface area contributed by atoms with Crippen molar-refractivity contribution in [2.24, 2.45) is 0 Å². The number of ether oxygens (including phenoxy) is 6. The molecule has 3 aromatic rings. The van der Waals surface area contributed by atoms with Gasteiger partial charge in [0.05, 0.1) is 26.7 Å². The molecule has 0 aliphatic carbocycles. The van der Waals surface area contributed by atoms with Crippen molar-refractivity contribution in [2.75, 3.05) is 33.5 Å². The molecule has 0 unspecified atom stereocenters. The van der Waals surface area contributed by atoms with Crippen molar-refractivity contribution in [3.05, 3.63) is 109 Å². The van der Waals surface area contributed by atoms with E-state index in [2.05, 4.69) is 17.9 Å². The van der Waals surface area contributed by atoms with Crippen LogP contribution < -0.4 is 14.2 Å². The van der Waals surface area contributed by atoms with Crippen LogP contribution in [-0.4, -0.2) is 57.4 Å². The zero-order valence-electron chi connectivity index (χ0n) is 24.9. The first-order valence-electron chi connectivity index (χ1n) is 13.9. The molecular formula is C35H34O10. The molecule has 3 aromatic carbocycles. The molecule has 234 valence electrons. The summed E-state index contributed by atoms with van der Waals surface area (Å²) in [6.07, 6.45) is 4.32. The maximum absolute atomic E-state index is 12.3. The molecule has 0 heterocycles. The van der Waals surface area contributed by atoms with Crippen molar-refractivity contribution in [1.29, 1.82) is 0 Å². The predicted molar refractivity (Wildman–Crippen MR) is 166 cm³/mol. The fraction of sp³-hybridized carbons (Fsp3) is 0.200. The maximum atomic E-state index is 12.3. The summed E-state index contributed by atoms with van der Waals surface area (Å²) in [7, 11) is 1.23. The number of carbonyl (C=O) groups is 4. The smallest absolute Gasteiger partial charge is 0.336 e. The molecule has 0 fully saturated rings. The van der Waals surface area contributed by atoms with Crippen LogP contribution in [0.15, 0.2) is 104 Å². The Balaban J connectivity index is 1.37. The highest BCUT2D eigenvalue weighted by atomic mass is 16.6. The molecule has 3 rings (SSSR count). The molecule has 0 saturated carbocycles. The molecule has 10 heteroatoms. The lowest BCUT2D eigenvalue weighted by atomic mass is 10.0. The topological polar surface area (TPSA) is 124 Å². The van der Waals surface area contributed by atoms with Gasteiger partial charge in [0.1, 0.15) is 30.5 Å². The molecule has 0 spiro atoms. The van der Waals surface area contributed by atoms with Crippen LogP contribution in [0.25, 0.3) is 17.2 Å². The molecule has 0 amide bonds. The SMILES string of the molecule is C=CC(=O)OCCOc1ccc(-c2ccc(/C=C/C(=O)Oc3ccc(OCCCOC(=O)C(=C)CC(=O)OC)cc3)cc2)cc1. The summed E-state index contributed by atoms with van der Waals surface area (Å²) >= 11 is 0. The van der Waals surface area contributed by atoms with E-state index in [9.17, 15) is 19.2 Å². The molecule has 0 aromatic heterocycles. The Morgan fingerprint density at radius 1 is 0.689 bits per heavy atom. The number of esters is 4. The van der Waals surface area contributed by atoms with Crippen LogP contribution in [0, 0.1) is 0 Å². The molecule has 0 bridgehead atoms. The molecular weight excluding hydrogens is 580 g/mol. The van der Waals surface area contributed by atoms with Gasteiger partial charge in [0, 0.05) is 24.1 Å². The first-order chi connectivity index (χ1) is 21.8. The highest BCUT2D eigenvalue weighted by molar-refractivity contribution is 5.93. The van der Waals surface area contributed by atoms with E-state index in [-0.39, 0.29) is 38.4 Å². The quantitative estimate of drug-likeness (QED) is 0.0632. The van der Waals surface area contributed by atoms with Crippen molar-refractivity contribution < 1.29 is 47.6 Å². The first-order valence-corrected chi connectivity index (χ1v) is 13.9. The minimum Gasteiger partial charge on any atom is -0.493 e. The van der Waals surface area contributed by atoms with Crippen LogP contribution in [0.1, 0.15) is 18.4 Å². The Kier molecular flexibility index (Phi) is 13.6. The van der Waals surface area contributed by atoms with Crippen LogP contribution in [0.4, 0.5) is 0 Å². The largest absolute Gasteiger partial charge is 0.493 e. The van der Waals surface area contributed by atoms with Gasteiger partial charge in [-0.3, -0.25) is 4.79 Å². The van der Waals surface area contributed by atoms with Crippen LogP contribution in [0.2, 0.25) is 0 Å². The van der Waals surface area contributed by atoms with Crippen LogP contribution >= 0.6 is 0 Å². The van der Waals surface area contributed by atoms with Gasteiger partial charge in [0.25, 0.3) is 0 Å². The van der Waals surface area contributed by atoms with Crippen molar-refractivity contribution in [2.45, 2.75) is 12.8 Å². The van der Waals surface area contributed by atoms with Gasteiger partial charge in [-0.15, -0.1) is 0 Å². The molecule has 0 aliphatic heterocycles. The summed E-state index contributed by atoms with van der Waals surface area (Å²) in [5.74, 6) is -0.666. The van der Waals surface area contributed by atoms with Crippen LogP contribution in [-0.2, 0) is 33.4 Å². The molecule has 0 saturated heterocycles. The lowest BCUT2D eigenvalue weighted by Gasteiger charge is -2.09. The minimum absolute atomic E-state index is 0.0231. The Hall–Kier alpha value is -5.64. The van der Waals surface area contributed by atoms with Crippen molar-refractivity contribution in [3.63, 3.8) is 0 Å². The normalized spacial score (nSPS) is 10.4. The zero-order valence-corrected chi connectivity index (χ0v) is 24.9. The predicted octanol–water partition coefficient (Wildman–Crippen LogP) is 5.51. The Bertz CT molecular complexity index is 1490. The second-order valence-corrected chi connectivity index (χ2v) is 9.29. The van der Waals surface area contributed by atoms with Crippen molar-refractivity contribution in [1.82, 2.24) is 0 Å². The summed E-state index contributed by atoms with van der Waals surface area (Å²) in [6.45, 7) is 7.62. The highest BCUT2D eigenvalue weighted by Gasteiger charge is 2.13. The lowest BCUT2D eigenvalue weighted by molar-refractivity contribution is -0.144. The average molecular weight is 615 g/mol. The second-order valence-electron chi connectivity index (χ2n) is 9.29. The van der Waals surface area contributed by atoms with Gasteiger partial charge < -0.3 is 28.4 Å². The van der Waals surface area contributed by atoms with E-state index >= 15 is 0 Å². The summed E-state index contributed by atoms with van der Waals surface area (Å²) in [5.41, 5.74) is 2.83. The van der Waals surface area contributed by atoms with Crippen molar-refractivity contribution >= 4 is 30.0 Å². The Morgan fingerprint density at radius 2 is 1.27 bits per heavy atom. The van der Waals surface area contributed by atoms with E-state index in [1.54, 1.807) is 30.3 Å². The van der Waals surface area contributed by atoms with E-state index in [1.165, 1.54) is 13.2 Å². The molecule has 0 N–H and O–H groups in total. The fourth-order valence-corrected chi connectivity index (χ4v) is 3.64. The molecule has 0 radical (unpaired) electrons. The van der Waals surface area contributed by atoms with Gasteiger partial charge in [0.2, 0.25) is 0 Å². The summed E-state index contributed by atoms with van der Waals surface area (Å²) in [6, 6.07) is 21.7. The number of hydrogen-bond acceptors (Lipinski definition) is 10. The van der Waals surface area contributed by atoms with Crippen LogP contribution in [0.3, 0.4) is 0 Å². The molecule has 0 aliphatic rings. The average Bonchev–Trinajstić information content (AvgIpc) is 3.06. The van der Waals surface area contributed by atoms with Gasteiger partial charge >= 0.3 is 23.9 Å². The molecule has 0 atom stereocenters. The van der Waals surface area contributed by atoms with Gasteiger partial charge in [-0.1, -0.05) is 49.6 Å². The Morgan fingerprint density at radius 3 is 1.89 bits per heavy atom. The lowest BCUT2D eigenvalue weighted by Crippen LogP contribution is -2.13. The van der Waals surface area contributed by atoms with E-state index in [0.29, 0.717) is 23.7 Å².